The molecule has 1 N–H and O–H groups in total. The molecule has 2 aromatic rings. The van der Waals surface area contributed by atoms with Gasteiger partial charge in [0.25, 0.3) is 5.91 Å². The molecule has 1 aromatic heterocycles. The summed E-state index contributed by atoms with van der Waals surface area (Å²) >= 11 is 17.1. The fourth-order valence-electron chi connectivity index (χ4n) is 1.73. The van der Waals surface area contributed by atoms with E-state index in [-0.39, 0.29) is 26.4 Å². The molecule has 5 nitrogen and oxygen atoms in total. The van der Waals surface area contributed by atoms with Crippen LogP contribution < -0.4 is 5.32 Å². The number of carbonyl (C=O) groups is 2. The molecule has 0 aliphatic carbocycles. The molecule has 0 aliphatic rings. The highest BCUT2D eigenvalue weighted by Gasteiger charge is 2.31. The van der Waals surface area contributed by atoms with Crippen molar-refractivity contribution in [3.8, 4) is 0 Å². The van der Waals surface area contributed by atoms with Gasteiger partial charge in [0.1, 0.15) is 5.15 Å². The summed E-state index contributed by atoms with van der Waals surface area (Å²) in [6, 6.07) is 3.63. The number of hydrogen-bond acceptors (Lipinski definition) is 4. The Bertz CT molecular complexity index is 860. The molecule has 0 spiro atoms. The largest absolute Gasteiger partial charge is 0.452 e. The molecular formula is C15H8Cl3F3N2O3. The van der Waals surface area contributed by atoms with E-state index in [1.165, 1.54) is 6.07 Å². The molecule has 1 aromatic carbocycles. The molecule has 1 amide bonds. The third kappa shape index (κ3) is 5.23. The Hall–Kier alpha value is -2.03. The molecule has 0 fully saturated rings. The first-order valence-electron chi connectivity index (χ1n) is 6.72. The Kier molecular flexibility index (Phi) is 6.33. The summed E-state index contributed by atoms with van der Waals surface area (Å²) in [4.78, 5) is 27.2. The van der Waals surface area contributed by atoms with Crippen LogP contribution in [0.1, 0.15) is 15.9 Å². The highest BCUT2D eigenvalue weighted by atomic mass is 35.5. The number of carbonyl (C=O) groups excluding carboxylic acids is 2. The number of halogens is 6. The van der Waals surface area contributed by atoms with Crippen LogP contribution in [0.4, 0.5) is 18.9 Å². The second-order valence-corrected chi connectivity index (χ2v) is 5.99. The lowest BCUT2D eigenvalue weighted by atomic mass is 10.2. The summed E-state index contributed by atoms with van der Waals surface area (Å²) in [7, 11) is 0. The number of alkyl halides is 3. The van der Waals surface area contributed by atoms with Gasteiger partial charge in [-0.25, -0.2) is 9.78 Å². The number of nitrogens with zero attached hydrogens (tertiary/aromatic N) is 1. The zero-order valence-corrected chi connectivity index (χ0v) is 14.8. The average molecular weight is 428 g/mol. The zero-order chi connectivity index (χ0) is 19.5. The standard InChI is InChI=1S/C15H8Cl3F3N2O3/c16-9-2-1-8(15(19,20)21)4-11(9)23-12(24)6-26-14(25)7-3-10(17)13(18)22-5-7/h1-5H,6H2,(H,23,24). The van der Waals surface area contributed by atoms with E-state index < -0.39 is 30.2 Å². The minimum absolute atomic E-state index is 0.0138. The average Bonchev–Trinajstić information content (AvgIpc) is 2.56. The zero-order valence-electron chi connectivity index (χ0n) is 12.5. The molecule has 0 unspecified atom stereocenters. The van der Waals surface area contributed by atoms with E-state index in [0.29, 0.717) is 6.07 Å². The molecule has 0 saturated carbocycles. The Morgan fingerprint density at radius 3 is 2.42 bits per heavy atom. The van der Waals surface area contributed by atoms with Gasteiger partial charge in [-0.05, 0) is 24.3 Å². The van der Waals surface area contributed by atoms with Crippen molar-refractivity contribution in [3.63, 3.8) is 0 Å². The number of rotatable bonds is 4. The predicted molar refractivity (Wildman–Crippen MR) is 89.6 cm³/mol. The van der Waals surface area contributed by atoms with E-state index in [1.807, 2.05) is 0 Å². The van der Waals surface area contributed by atoms with Crippen molar-refractivity contribution >= 4 is 52.4 Å². The molecule has 2 rings (SSSR count). The maximum atomic E-state index is 12.7. The minimum Gasteiger partial charge on any atom is -0.452 e. The van der Waals surface area contributed by atoms with Crippen LogP contribution in [0, 0.1) is 0 Å². The number of hydrogen-bond donors (Lipinski definition) is 1. The molecular weight excluding hydrogens is 420 g/mol. The summed E-state index contributed by atoms with van der Waals surface area (Å²) in [5.41, 5.74) is -1.31. The summed E-state index contributed by atoms with van der Waals surface area (Å²) in [5, 5.41) is 2.04. The van der Waals surface area contributed by atoms with Gasteiger partial charge in [-0.2, -0.15) is 13.2 Å². The van der Waals surface area contributed by atoms with Gasteiger partial charge in [0.05, 0.1) is 26.9 Å². The fourth-order valence-corrected chi connectivity index (χ4v) is 2.17. The molecule has 0 bridgehead atoms. The van der Waals surface area contributed by atoms with Crippen LogP contribution in [0.15, 0.2) is 30.5 Å². The smallest absolute Gasteiger partial charge is 0.416 e. The quantitative estimate of drug-likeness (QED) is 0.559. The summed E-state index contributed by atoms with van der Waals surface area (Å²) in [5.74, 6) is -1.80. The predicted octanol–water partition coefficient (Wildman–Crippen LogP) is 4.86. The number of ether oxygens (including phenoxy) is 1. The summed E-state index contributed by atoms with van der Waals surface area (Å²) < 4.78 is 42.8. The van der Waals surface area contributed by atoms with E-state index in [2.05, 4.69) is 10.3 Å². The third-order valence-electron chi connectivity index (χ3n) is 2.93. The van der Waals surface area contributed by atoms with E-state index >= 15 is 0 Å². The first-order valence-corrected chi connectivity index (χ1v) is 7.86. The van der Waals surface area contributed by atoms with Crippen molar-refractivity contribution in [1.82, 2.24) is 4.98 Å². The molecule has 1 heterocycles. The number of amides is 1. The van der Waals surface area contributed by atoms with Gasteiger partial charge in [0, 0.05) is 6.20 Å². The molecule has 138 valence electrons. The monoisotopic (exact) mass is 426 g/mol. The number of pyridine rings is 1. The van der Waals surface area contributed by atoms with Gasteiger partial charge >= 0.3 is 12.1 Å². The fraction of sp³-hybridized carbons (Fsp3) is 0.133. The number of aromatic nitrogens is 1. The Balaban J connectivity index is 2.00. The van der Waals surface area contributed by atoms with E-state index in [9.17, 15) is 22.8 Å². The van der Waals surface area contributed by atoms with E-state index in [4.69, 9.17) is 39.5 Å². The lowest BCUT2D eigenvalue weighted by Gasteiger charge is -2.12. The van der Waals surface area contributed by atoms with Gasteiger partial charge in [-0.3, -0.25) is 4.79 Å². The highest BCUT2D eigenvalue weighted by Crippen LogP contribution is 2.33. The van der Waals surface area contributed by atoms with Crippen LogP contribution in [-0.2, 0) is 15.7 Å². The van der Waals surface area contributed by atoms with Crippen molar-refractivity contribution in [2.24, 2.45) is 0 Å². The molecule has 11 heteroatoms. The van der Waals surface area contributed by atoms with Crippen molar-refractivity contribution in [2.75, 3.05) is 11.9 Å². The van der Waals surface area contributed by atoms with Crippen LogP contribution in [0.3, 0.4) is 0 Å². The lowest BCUT2D eigenvalue weighted by molar-refractivity contribution is -0.137. The molecule has 0 atom stereocenters. The maximum absolute atomic E-state index is 12.7. The SMILES string of the molecule is O=C(COC(=O)c1cnc(Cl)c(Cl)c1)Nc1cc(C(F)(F)F)ccc1Cl. The first-order chi connectivity index (χ1) is 12.1. The van der Waals surface area contributed by atoms with Gasteiger partial charge in [0.15, 0.2) is 6.61 Å². The maximum Gasteiger partial charge on any atom is 0.416 e. The van der Waals surface area contributed by atoms with E-state index in [1.54, 1.807) is 0 Å². The molecule has 0 radical (unpaired) electrons. The second kappa shape index (κ2) is 8.11. The van der Waals surface area contributed by atoms with Crippen molar-refractivity contribution < 1.29 is 27.5 Å². The normalized spacial score (nSPS) is 11.2. The van der Waals surface area contributed by atoms with Crippen molar-refractivity contribution in [2.45, 2.75) is 6.18 Å². The van der Waals surface area contributed by atoms with Gasteiger partial charge in [-0.15, -0.1) is 0 Å². The van der Waals surface area contributed by atoms with Crippen LogP contribution in [0.2, 0.25) is 15.2 Å². The lowest BCUT2D eigenvalue weighted by Crippen LogP contribution is -2.21. The van der Waals surface area contributed by atoms with Crippen LogP contribution in [0.25, 0.3) is 0 Å². The molecule has 26 heavy (non-hydrogen) atoms. The third-order valence-corrected chi connectivity index (χ3v) is 3.95. The van der Waals surface area contributed by atoms with Crippen LogP contribution >= 0.6 is 34.8 Å². The second-order valence-electron chi connectivity index (χ2n) is 4.81. The summed E-state index contributed by atoms with van der Waals surface area (Å²) in [6.45, 7) is -0.758. The Morgan fingerprint density at radius 1 is 1.12 bits per heavy atom. The van der Waals surface area contributed by atoms with E-state index in [0.717, 1.165) is 18.3 Å². The Labute approximate surface area is 160 Å². The number of benzene rings is 1. The summed E-state index contributed by atoms with van der Waals surface area (Å²) in [6.07, 6.45) is -3.50. The Morgan fingerprint density at radius 2 is 1.81 bits per heavy atom. The minimum atomic E-state index is -4.60. The number of anilines is 1. The van der Waals surface area contributed by atoms with Crippen LogP contribution in [0.5, 0.6) is 0 Å². The highest BCUT2D eigenvalue weighted by molar-refractivity contribution is 6.41. The van der Waals surface area contributed by atoms with Crippen molar-refractivity contribution in [1.29, 1.82) is 0 Å². The van der Waals surface area contributed by atoms with Gasteiger partial charge in [0.2, 0.25) is 0 Å². The topological polar surface area (TPSA) is 68.3 Å². The molecule has 0 saturated heterocycles. The van der Waals surface area contributed by atoms with Gasteiger partial charge < -0.3 is 10.1 Å². The number of nitrogens with one attached hydrogen (secondary N) is 1. The van der Waals surface area contributed by atoms with Gasteiger partial charge in [-0.1, -0.05) is 34.8 Å². The first kappa shape index (κ1) is 20.3. The van der Waals surface area contributed by atoms with Crippen molar-refractivity contribution in [3.05, 3.63) is 56.8 Å². The molecule has 0 aliphatic heterocycles. The number of esters is 1. The van der Waals surface area contributed by atoms with Crippen LogP contribution in [-0.4, -0.2) is 23.5 Å².